The van der Waals surface area contributed by atoms with E-state index in [1.807, 2.05) is 61.5 Å². The number of benzene rings is 3. The molecule has 0 fully saturated rings. The fraction of sp³-hybridized carbons (Fsp3) is 0.115. The number of para-hydroxylation sites is 2. The standard InChI is InChI=1S/C26H21BrClN5O2/c1-15-22(25(34)30-20-8-3-4-9-21(20)35-2)23(16-10-12-18(27)13-11-16)33-26(29-15)31-24(32-33)17-6-5-7-19(28)14-17/h3-14,23H,1-2H3,(H,30,34)(H,29,31,32). The number of carbonyl (C=O) groups excluding carboxylic acids is 1. The van der Waals surface area contributed by atoms with Crippen molar-refractivity contribution in [1.82, 2.24) is 14.8 Å². The quantitative estimate of drug-likeness (QED) is 0.305. The maximum absolute atomic E-state index is 13.7. The molecule has 7 nitrogen and oxygen atoms in total. The van der Waals surface area contributed by atoms with Crippen LogP contribution in [0.25, 0.3) is 11.4 Å². The van der Waals surface area contributed by atoms with E-state index in [1.54, 1.807) is 30.0 Å². The molecule has 0 saturated heterocycles. The van der Waals surface area contributed by atoms with Crippen LogP contribution in [0.15, 0.2) is 88.5 Å². The molecule has 4 aromatic rings. The summed E-state index contributed by atoms with van der Waals surface area (Å²) in [6.45, 7) is 1.86. The highest BCUT2D eigenvalue weighted by Crippen LogP contribution is 2.38. The molecule has 1 aromatic heterocycles. The number of anilines is 2. The molecular weight excluding hydrogens is 530 g/mol. The predicted molar refractivity (Wildman–Crippen MR) is 141 cm³/mol. The fourth-order valence-electron chi connectivity index (χ4n) is 4.09. The van der Waals surface area contributed by atoms with Gasteiger partial charge in [-0.15, -0.1) is 5.10 Å². The Balaban J connectivity index is 1.60. The van der Waals surface area contributed by atoms with Crippen molar-refractivity contribution in [2.75, 3.05) is 17.7 Å². The number of methoxy groups -OCH3 is 1. The largest absolute Gasteiger partial charge is 0.495 e. The lowest BCUT2D eigenvalue weighted by Gasteiger charge is -2.29. The van der Waals surface area contributed by atoms with E-state index < -0.39 is 6.04 Å². The zero-order valence-electron chi connectivity index (χ0n) is 18.9. The van der Waals surface area contributed by atoms with Crippen LogP contribution in [0.5, 0.6) is 5.75 Å². The summed E-state index contributed by atoms with van der Waals surface area (Å²) < 4.78 is 8.09. The first-order valence-corrected chi connectivity index (χ1v) is 12.0. The van der Waals surface area contributed by atoms with Crippen molar-refractivity contribution in [3.05, 3.63) is 99.1 Å². The summed E-state index contributed by atoms with van der Waals surface area (Å²) in [5.74, 6) is 1.36. The minimum absolute atomic E-state index is 0.266. The zero-order chi connectivity index (χ0) is 24.5. The van der Waals surface area contributed by atoms with E-state index >= 15 is 0 Å². The minimum Gasteiger partial charge on any atom is -0.495 e. The molecule has 0 spiro atoms. The number of nitrogens with one attached hydrogen (secondary N) is 2. The number of ether oxygens (including phenoxy) is 1. The number of nitrogens with zero attached hydrogens (tertiary/aromatic N) is 3. The van der Waals surface area contributed by atoms with Gasteiger partial charge in [0.1, 0.15) is 11.8 Å². The summed E-state index contributed by atoms with van der Waals surface area (Å²) >= 11 is 9.69. The Morgan fingerprint density at radius 3 is 2.63 bits per heavy atom. The summed E-state index contributed by atoms with van der Waals surface area (Å²) in [7, 11) is 1.57. The van der Waals surface area contributed by atoms with Crippen molar-refractivity contribution in [2.45, 2.75) is 13.0 Å². The topological polar surface area (TPSA) is 81.1 Å². The molecule has 9 heteroatoms. The van der Waals surface area contributed by atoms with Crippen LogP contribution in [0, 0.1) is 0 Å². The number of halogens is 2. The van der Waals surface area contributed by atoms with Gasteiger partial charge in [-0.1, -0.05) is 63.9 Å². The minimum atomic E-state index is -0.505. The smallest absolute Gasteiger partial charge is 0.255 e. The van der Waals surface area contributed by atoms with Crippen LogP contribution in [0.1, 0.15) is 18.5 Å². The second-order valence-corrected chi connectivity index (χ2v) is 9.34. The highest BCUT2D eigenvalue weighted by atomic mass is 79.9. The Morgan fingerprint density at radius 2 is 1.89 bits per heavy atom. The van der Waals surface area contributed by atoms with Gasteiger partial charge in [-0.3, -0.25) is 4.79 Å². The number of fused-ring (bicyclic) bond motifs is 1. The van der Waals surface area contributed by atoms with Gasteiger partial charge in [-0.2, -0.15) is 4.98 Å². The third-order valence-electron chi connectivity index (χ3n) is 5.72. The summed E-state index contributed by atoms with van der Waals surface area (Å²) in [6, 6.07) is 22.0. The molecule has 5 rings (SSSR count). The second-order valence-electron chi connectivity index (χ2n) is 7.99. The molecule has 1 amide bonds. The van der Waals surface area contributed by atoms with E-state index in [0.29, 0.717) is 39.5 Å². The number of carbonyl (C=O) groups is 1. The lowest BCUT2D eigenvalue weighted by Crippen LogP contribution is -2.31. The molecule has 3 aromatic carbocycles. The molecular formula is C26H21BrClN5O2. The van der Waals surface area contributed by atoms with Gasteiger partial charge in [0.2, 0.25) is 5.95 Å². The number of hydrogen-bond donors (Lipinski definition) is 2. The first kappa shape index (κ1) is 23.1. The molecule has 176 valence electrons. The van der Waals surface area contributed by atoms with E-state index in [-0.39, 0.29) is 5.91 Å². The highest BCUT2D eigenvalue weighted by molar-refractivity contribution is 9.10. The van der Waals surface area contributed by atoms with Crippen molar-refractivity contribution in [2.24, 2.45) is 0 Å². The number of aromatic nitrogens is 3. The predicted octanol–water partition coefficient (Wildman–Crippen LogP) is 6.30. The summed E-state index contributed by atoms with van der Waals surface area (Å²) in [6.07, 6.45) is 0. The van der Waals surface area contributed by atoms with Gasteiger partial charge in [-0.05, 0) is 48.9 Å². The van der Waals surface area contributed by atoms with Crippen molar-refractivity contribution < 1.29 is 9.53 Å². The van der Waals surface area contributed by atoms with Crippen molar-refractivity contribution in [3.8, 4) is 17.1 Å². The molecule has 35 heavy (non-hydrogen) atoms. The van der Waals surface area contributed by atoms with Crippen LogP contribution in [0.4, 0.5) is 11.6 Å². The molecule has 2 heterocycles. The van der Waals surface area contributed by atoms with Crippen LogP contribution in [0.2, 0.25) is 5.02 Å². The SMILES string of the molecule is COc1ccccc1NC(=O)C1=C(C)Nc2nc(-c3cccc(Cl)c3)nn2C1c1ccc(Br)cc1. The highest BCUT2D eigenvalue weighted by Gasteiger charge is 2.34. The Morgan fingerprint density at radius 1 is 1.11 bits per heavy atom. The van der Waals surface area contributed by atoms with Crippen molar-refractivity contribution in [3.63, 3.8) is 0 Å². The first-order chi connectivity index (χ1) is 16.9. The first-order valence-electron chi connectivity index (χ1n) is 10.8. The van der Waals surface area contributed by atoms with Crippen LogP contribution < -0.4 is 15.4 Å². The fourth-order valence-corrected chi connectivity index (χ4v) is 4.54. The zero-order valence-corrected chi connectivity index (χ0v) is 21.3. The Bertz CT molecular complexity index is 1450. The monoisotopic (exact) mass is 549 g/mol. The van der Waals surface area contributed by atoms with Gasteiger partial charge < -0.3 is 15.4 Å². The van der Waals surface area contributed by atoms with E-state index in [2.05, 4.69) is 26.6 Å². The van der Waals surface area contributed by atoms with Crippen molar-refractivity contribution in [1.29, 1.82) is 0 Å². The number of allylic oxidation sites excluding steroid dienone is 1. The third-order valence-corrected chi connectivity index (χ3v) is 6.48. The van der Waals surface area contributed by atoms with Gasteiger partial charge in [0.05, 0.1) is 18.4 Å². The Hall–Kier alpha value is -3.62. The van der Waals surface area contributed by atoms with Crippen LogP contribution >= 0.6 is 27.5 Å². The number of amides is 1. The van der Waals surface area contributed by atoms with Gasteiger partial charge in [-0.25, -0.2) is 4.68 Å². The molecule has 0 aliphatic carbocycles. The second kappa shape index (κ2) is 9.56. The molecule has 1 aliphatic heterocycles. The van der Waals surface area contributed by atoms with Gasteiger partial charge >= 0.3 is 0 Å². The molecule has 1 unspecified atom stereocenters. The van der Waals surface area contributed by atoms with E-state index in [0.717, 1.165) is 15.6 Å². The third kappa shape index (κ3) is 4.54. The molecule has 0 bridgehead atoms. The van der Waals surface area contributed by atoms with Gasteiger partial charge in [0.15, 0.2) is 5.82 Å². The molecule has 1 aliphatic rings. The molecule has 0 saturated carbocycles. The van der Waals surface area contributed by atoms with E-state index in [4.69, 9.17) is 26.4 Å². The Kier molecular flexibility index (Phi) is 6.32. The molecule has 1 atom stereocenters. The van der Waals surface area contributed by atoms with Crippen LogP contribution in [0.3, 0.4) is 0 Å². The number of hydrogen-bond acceptors (Lipinski definition) is 5. The average molecular weight is 551 g/mol. The maximum Gasteiger partial charge on any atom is 0.255 e. The maximum atomic E-state index is 13.7. The number of rotatable bonds is 5. The lowest BCUT2D eigenvalue weighted by molar-refractivity contribution is -0.113. The molecule has 2 N–H and O–H groups in total. The van der Waals surface area contributed by atoms with Crippen LogP contribution in [-0.4, -0.2) is 27.8 Å². The summed E-state index contributed by atoms with van der Waals surface area (Å²) in [5, 5.41) is 11.6. The Labute approximate surface area is 215 Å². The summed E-state index contributed by atoms with van der Waals surface area (Å²) in [5.41, 5.74) is 3.46. The van der Waals surface area contributed by atoms with Gasteiger partial charge in [0.25, 0.3) is 5.91 Å². The van der Waals surface area contributed by atoms with Crippen molar-refractivity contribution >= 4 is 45.1 Å². The molecule has 0 radical (unpaired) electrons. The van der Waals surface area contributed by atoms with Crippen LogP contribution in [-0.2, 0) is 4.79 Å². The normalized spacial score (nSPS) is 14.8. The summed E-state index contributed by atoms with van der Waals surface area (Å²) in [4.78, 5) is 18.4. The van der Waals surface area contributed by atoms with E-state index in [1.165, 1.54) is 0 Å². The average Bonchev–Trinajstić information content (AvgIpc) is 3.28. The van der Waals surface area contributed by atoms with Gasteiger partial charge in [0, 0.05) is 20.8 Å². The lowest BCUT2D eigenvalue weighted by atomic mass is 9.95. The van der Waals surface area contributed by atoms with E-state index in [9.17, 15) is 4.79 Å².